The number of carbonyl (C=O) groups is 2. The van der Waals surface area contributed by atoms with Crippen molar-refractivity contribution in [2.24, 2.45) is 0 Å². The second-order valence-electron chi connectivity index (χ2n) is 8.59. The van der Waals surface area contributed by atoms with E-state index in [-0.39, 0.29) is 29.7 Å². The van der Waals surface area contributed by atoms with E-state index in [1.54, 1.807) is 10.9 Å². The molecular formula is C23H31N5O3. The van der Waals surface area contributed by atoms with Crippen LogP contribution in [-0.4, -0.2) is 57.5 Å². The molecule has 0 bridgehead atoms. The summed E-state index contributed by atoms with van der Waals surface area (Å²) in [6, 6.07) is 10.2. The third-order valence-electron chi connectivity index (χ3n) is 6.39. The lowest BCUT2D eigenvalue weighted by Gasteiger charge is -2.26. The standard InChI is InChI=1S/C23H31N5O3/c1-31-23(30)20-16-28(26-25-20)19-13-21(22(29)24-18-11-7-2-3-8-12-18)27(15-19)14-17-9-5-4-6-10-17/h4-6,9-10,16,18-19,21H,2-3,7-8,11-15H2,1H3,(H,24,29)/t19-,21-/m0/s1. The number of benzene rings is 1. The fraction of sp³-hybridized carbons (Fsp3) is 0.565. The fourth-order valence-corrected chi connectivity index (χ4v) is 4.71. The van der Waals surface area contributed by atoms with Gasteiger partial charge in [0.1, 0.15) is 0 Å². The van der Waals surface area contributed by atoms with Gasteiger partial charge in [-0.15, -0.1) is 5.10 Å². The van der Waals surface area contributed by atoms with Crippen LogP contribution in [0.5, 0.6) is 0 Å². The average molecular weight is 426 g/mol. The summed E-state index contributed by atoms with van der Waals surface area (Å²) in [6.45, 7) is 1.36. The van der Waals surface area contributed by atoms with E-state index in [1.807, 2.05) is 18.2 Å². The molecule has 2 heterocycles. The maximum atomic E-state index is 13.3. The van der Waals surface area contributed by atoms with E-state index in [2.05, 4.69) is 32.7 Å². The zero-order valence-electron chi connectivity index (χ0n) is 18.1. The van der Waals surface area contributed by atoms with Gasteiger partial charge in [0.2, 0.25) is 5.91 Å². The predicted molar refractivity (Wildman–Crippen MR) is 115 cm³/mol. The van der Waals surface area contributed by atoms with Gasteiger partial charge >= 0.3 is 5.97 Å². The van der Waals surface area contributed by atoms with Crippen molar-refractivity contribution < 1.29 is 14.3 Å². The van der Waals surface area contributed by atoms with Gasteiger partial charge in [0.05, 0.1) is 25.4 Å². The molecule has 8 heteroatoms. The number of amides is 1. The number of ether oxygens (including phenoxy) is 1. The Labute approximate surface area is 182 Å². The van der Waals surface area contributed by atoms with E-state index in [0.29, 0.717) is 19.5 Å². The van der Waals surface area contributed by atoms with Gasteiger partial charge in [-0.25, -0.2) is 9.48 Å². The number of hydrogen-bond acceptors (Lipinski definition) is 6. The molecule has 8 nitrogen and oxygen atoms in total. The number of hydrogen-bond donors (Lipinski definition) is 1. The quantitative estimate of drug-likeness (QED) is 0.565. The SMILES string of the molecule is COC(=O)c1cn([C@H]2C[C@@H](C(=O)NC3CCCCCC3)N(Cc3ccccc3)C2)nn1. The Morgan fingerprint density at radius 1 is 1.13 bits per heavy atom. The molecule has 1 saturated carbocycles. The van der Waals surface area contributed by atoms with E-state index in [9.17, 15) is 9.59 Å². The number of aromatic nitrogens is 3. The maximum absolute atomic E-state index is 13.3. The zero-order chi connectivity index (χ0) is 21.6. The Hall–Kier alpha value is -2.74. The van der Waals surface area contributed by atoms with Crippen LogP contribution in [0.15, 0.2) is 36.5 Å². The lowest BCUT2D eigenvalue weighted by molar-refractivity contribution is -0.126. The highest BCUT2D eigenvalue weighted by Gasteiger charge is 2.39. The van der Waals surface area contributed by atoms with Crippen LogP contribution < -0.4 is 5.32 Å². The van der Waals surface area contributed by atoms with Crippen molar-refractivity contribution in [3.05, 3.63) is 47.8 Å². The Morgan fingerprint density at radius 3 is 2.58 bits per heavy atom. The van der Waals surface area contributed by atoms with Crippen LogP contribution in [0.4, 0.5) is 0 Å². The zero-order valence-corrected chi connectivity index (χ0v) is 18.1. The number of nitrogens with zero attached hydrogens (tertiary/aromatic N) is 4. The van der Waals surface area contributed by atoms with E-state index < -0.39 is 5.97 Å². The molecular weight excluding hydrogens is 394 g/mol. The minimum Gasteiger partial charge on any atom is -0.464 e. The van der Waals surface area contributed by atoms with Gasteiger partial charge in [0, 0.05) is 19.1 Å². The summed E-state index contributed by atoms with van der Waals surface area (Å²) in [5.74, 6) is -0.410. The van der Waals surface area contributed by atoms with Crippen molar-refractivity contribution in [3.8, 4) is 0 Å². The predicted octanol–water partition coefficient (Wildman–Crippen LogP) is 2.72. The lowest BCUT2D eigenvalue weighted by Crippen LogP contribution is -2.46. The third kappa shape index (κ3) is 5.31. The summed E-state index contributed by atoms with van der Waals surface area (Å²) >= 11 is 0. The number of likely N-dealkylation sites (tertiary alicyclic amines) is 1. The van der Waals surface area contributed by atoms with Crippen molar-refractivity contribution >= 4 is 11.9 Å². The summed E-state index contributed by atoms with van der Waals surface area (Å²) < 4.78 is 6.43. The summed E-state index contributed by atoms with van der Waals surface area (Å²) in [5, 5.41) is 11.4. The van der Waals surface area contributed by atoms with Gasteiger partial charge in [0.15, 0.2) is 5.69 Å². The van der Waals surface area contributed by atoms with Crippen molar-refractivity contribution in [1.82, 2.24) is 25.2 Å². The van der Waals surface area contributed by atoms with Crippen molar-refractivity contribution in [1.29, 1.82) is 0 Å². The molecule has 2 atom stereocenters. The van der Waals surface area contributed by atoms with Gasteiger partial charge in [-0.1, -0.05) is 61.2 Å². The second-order valence-corrected chi connectivity index (χ2v) is 8.59. The van der Waals surface area contributed by atoms with E-state index >= 15 is 0 Å². The molecule has 0 spiro atoms. The molecule has 31 heavy (non-hydrogen) atoms. The molecule has 2 aliphatic rings. The molecule has 166 valence electrons. The van der Waals surface area contributed by atoms with Crippen LogP contribution in [-0.2, 0) is 16.1 Å². The summed E-state index contributed by atoms with van der Waals surface area (Å²) in [5.41, 5.74) is 1.35. The van der Waals surface area contributed by atoms with Crippen LogP contribution in [0.25, 0.3) is 0 Å². The van der Waals surface area contributed by atoms with Crippen molar-refractivity contribution in [3.63, 3.8) is 0 Å². The number of methoxy groups -OCH3 is 1. The third-order valence-corrected chi connectivity index (χ3v) is 6.39. The molecule has 0 radical (unpaired) electrons. The summed E-state index contributed by atoms with van der Waals surface area (Å²) in [6.07, 6.45) is 9.25. The number of carbonyl (C=O) groups excluding carboxylic acids is 2. The second kappa shape index (κ2) is 10.0. The average Bonchev–Trinajstić information content (AvgIpc) is 3.36. The van der Waals surface area contributed by atoms with Crippen LogP contribution in [0.3, 0.4) is 0 Å². The number of nitrogens with one attached hydrogen (secondary N) is 1. The first-order valence-corrected chi connectivity index (χ1v) is 11.2. The van der Waals surface area contributed by atoms with Crippen molar-refractivity contribution in [2.45, 2.75) is 69.6 Å². The van der Waals surface area contributed by atoms with Gasteiger partial charge in [-0.3, -0.25) is 9.69 Å². The highest BCUT2D eigenvalue weighted by atomic mass is 16.5. The monoisotopic (exact) mass is 425 g/mol. The molecule has 1 aliphatic carbocycles. The number of esters is 1. The lowest BCUT2D eigenvalue weighted by atomic mass is 10.1. The van der Waals surface area contributed by atoms with E-state index in [1.165, 1.54) is 38.4 Å². The normalized spacial score (nSPS) is 22.7. The van der Waals surface area contributed by atoms with Crippen LogP contribution in [0.2, 0.25) is 0 Å². The molecule has 1 aliphatic heterocycles. The summed E-state index contributed by atoms with van der Waals surface area (Å²) in [7, 11) is 1.33. The molecule has 1 aromatic heterocycles. The minimum atomic E-state index is -0.506. The van der Waals surface area contributed by atoms with Gasteiger partial charge in [-0.05, 0) is 24.8 Å². The van der Waals surface area contributed by atoms with Gasteiger partial charge in [0.25, 0.3) is 0 Å². The summed E-state index contributed by atoms with van der Waals surface area (Å²) in [4.78, 5) is 27.3. The van der Waals surface area contributed by atoms with E-state index in [4.69, 9.17) is 4.74 Å². The molecule has 1 aromatic carbocycles. The van der Waals surface area contributed by atoms with Crippen LogP contribution in [0, 0.1) is 0 Å². The number of rotatable bonds is 6. The highest BCUT2D eigenvalue weighted by molar-refractivity contribution is 5.86. The molecule has 4 rings (SSSR count). The largest absolute Gasteiger partial charge is 0.464 e. The first-order valence-electron chi connectivity index (χ1n) is 11.2. The Morgan fingerprint density at radius 2 is 1.87 bits per heavy atom. The first kappa shape index (κ1) is 21.5. The smallest absolute Gasteiger partial charge is 0.360 e. The van der Waals surface area contributed by atoms with Crippen molar-refractivity contribution in [2.75, 3.05) is 13.7 Å². The van der Waals surface area contributed by atoms with Gasteiger partial charge in [-0.2, -0.15) is 0 Å². The van der Waals surface area contributed by atoms with Gasteiger partial charge < -0.3 is 10.1 Å². The molecule has 2 fully saturated rings. The molecule has 0 unspecified atom stereocenters. The Balaban J connectivity index is 1.49. The molecule has 1 N–H and O–H groups in total. The fourth-order valence-electron chi connectivity index (χ4n) is 4.71. The molecule has 2 aromatic rings. The topological polar surface area (TPSA) is 89.4 Å². The Bertz CT molecular complexity index is 876. The van der Waals surface area contributed by atoms with E-state index in [0.717, 1.165) is 12.8 Å². The van der Waals surface area contributed by atoms with Crippen LogP contribution in [0.1, 0.15) is 67.0 Å². The highest BCUT2D eigenvalue weighted by Crippen LogP contribution is 2.29. The maximum Gasteiger partial charge on any atom is 0.360 e. The first-order chi connectivity index (χ1) is 15.1. The molecule has 1 saturated heterocycles. The molecule has 1 amide bonds. The minimum absolute atomic E-state index is 0.0282. The van der Waals surface area contributed by atoms with Crippen LogP contribution >= 0.6 is 0 Å². The Kier molecular flexibility index (Phi) is 6.96.